The maximum Gasteiger partial charge on any atom is 0.0198 e. The number of likely N-dealkylation sites (tertiary alicyclic amines) is 1. The van der Waals surface area contributed by atoms with Crippen molar-refractivity contribution in [3.63, 3.8) is 0 Å². The second-order valence-electron chi connectivity index (χ2n) is 8.28. The van der Waals surface area contributed by atoms with E-state index in [0.29, 0.717) is 0 Å². The SMILES string of the molecule is CC(C)CCNC1CC(CC2CC2)CN(CC2CC2)C1. The van der Waals surface area contributed by atoms with Crippen LogP contribution in [0.3, 0.4) is 0 Å². The monoisotopic (exact) mass is 278 g/mol. The quantitative estimate of drug-likeness (QED) is 0.731. The van der Waals surface area contributed by atoms with Crippen molar-refractivity contribution in [1.29, 1.82) is 0 Å². The second-order valence-corrected chi connectivity index (χ2v) is 8.28. The molecular weight excluding hydrogens is 244 g/mol. The maximum atomic E-state index is 3.86. The predicted molar refractivity (Wildman–Crippen MR) is 85.9 cm³/mol. The van der Waals surface area contributed by atoms with E-state index in [2.05, 4.69) is 24.1 Å². The molecule has 2 atom stereocenters. The fourth-order valence-corrected chi connectivity index (χ4v) is 3.84. The highest BCUT2D eigenvalue weighted by molar-refractivity contribution is 4.89. The van der Waals surface area contributed by atoms with Gasteiger partial charge in [-0.1, -0.05) is 26.7 Å². The van der Waals surface area contributed by atoms with E-state index < -0.39 is 0 Å². The molecule has 2 heteroatoms. The first kappa shape index (κ1) is 14.8. The van der Waals surface area contributed by atoms with Gasteiger partial charge in [0.1, 0.15) is 0 Å². The third-order valence-electron chi connectivity index (χ3n) is 5.34. The van der Waals surface area contributed by atoms with Crippen LogP contribution in [0, 0.1) is 23.7 Å². The van der Waals surface area contributed by atoms with Crippen molar-refractivity contribution in [3.05, 3.63) is 0 Å². The standard InChI is InChI=1S/C18H34N2/c1-14(2)7-8-19-18-10-17(9-15-3-4-15)12-20(13-18)11-16-5-6-16/h14-19H,3-13H2,1-2H3. The van der Waals surface area contributed by atoms with E-state index in [9.17, 15) is 0 Å². The molecule has 1 aliphatic heterocycles. The van der Waals surface area contributed by atoms with E-state index in [4.69, 9.17) is 0 Å². The third-order valence-corrected chi connectivity index (χ3v) is 5.34. The molecule has 0 spiro atoms. The van der Waals surface area contributed by atoms with Gasteiger partial charge in [0.05, 0.1) is 0 Å². The van der Waals surface area contributed by atoms with E-state index in [1.807, 2.05) is 0 Å². The average Bonchev–Trinajstić information content (AvgIpc) is 3.25. The Hall–Kier alpha value is -0.0800. The minimum atomic E-state index is 0.769. The molecular formula is C18H34N2. The minimum Gasteiger partial charge on any atom is -0.313 e. The normalized spacial score (nSPS) is 31.9. The van der Waals surface area contributed by atoms with Crippen LogP contribution in [0.1, 0.15) is 58.8 Å². The molecule has 0 amide bonds. The Morgan fingerprint density at radius 1 is 1.00 bits per heavy atom. The lowest BCUT2D eigenvalue weighted by Gasteiger charge is -2.38. The van der Waals surface area contributed by atoms with Gasteiger partial charge in [-0.2, -0.15) is 0 Å². The Morgan fingerprint density at radius 2 is 1.75 bits per heavy atom. The van der Waals surface area contributed by atoms with Gasteiger partial charge in [0, 0.05) is 25.7 Å². The Morgan fingerprint density at radius 3 is 2.40 bits per heavy atom. The molecule has 0 aromatic rings. The first-order valence-corrected chi connectivity index (χ1v) is 9.14. The molecule has 2 saturated carbocycles. The van der Waals surface area contributed by atoms with E-state index in [1.54, 1.807) is 0 Å². The number of hydrogen-bond acceptors (Lipinski definition) is 2. The van der Waals surface area contributed by atoms with Crippen LogP contribution in [0.2, 0.25) is 0 Å². The van der Waals surface area contributed by atoms with Crippen LogP contribution >= 0.6 is 0 Å². The lowest BCUT2D eigenvalue weighted by Crippen LogP contribution is -2.50. The van der Waals surface area contributed by atoms with E-state index >= 15 is 0 Å². The molecule has 2 unspecified atom stereocenters. The summed E-state index contributed by atoms with van der Waals surface area (Å²) in [5.74, 6) is 3.95. The van der Waals surface area contributed by atoms with Crippen molar-refractivity contribution in [2.75, 3.05) is 26.2 Å². The van der Waals surface area contributed by atoms with E-state index in [-0.39, 0.29) is 0 Å². The zero-order chi connectivity index (χ0) is 13.9. The summed E-state index contributed by atoms with van der Waals surface area (Å²) in [7, 11) is 0. The molecule has 20 heavy (non-hydrogen) atoms. The van der Waals surface area contributed by atoms with E-state index in [1.165, 1.54) is 71.1 Å². The number of nitrogens with zero attached hydrogens (tertiary/aromatic N) is 1. The fourth-order valence-electron chi connectivity index (χ4n) is 3.84. The van der Waals surface area contributed by atoms with Gasteiger partial charge in [0.2, 0.25) is 0 Å². The summed E-state index contributed by atoms with van der Waals surface area (Å²) in [6.45, 7) is 9.99. The van der Waals surface area contributed by atoms with E-state index in [0.717, 1.165) is 29.7 Å². The number of rotatable bonds is 8. The van der Waals surface area contributed by atoms with Crippen LogP contribution in [-0.4, -0.2) is 37.1 Å². The number of piperidine rings is 1. The summed E-state index contributed by atoms with van der Waals surface area (Å²) in [6, 6.07) is 0.769. The topological polar surface area (TPSA) is 15.3 Å². The van der Waals surface area contributed by atoms with Crippen molar-refractivity contribution >= 4 is 0 Å². The third kappa shape index (κ3) is 5.04. The van der Waals surface area contributed by atoms with Crippen LogP contribution in [-0.2, 0) is 0 Å². The molecule has 1 heterocycles. The fraction of sp³-hybridized carbons (Fsp3) is 1.00. The van der Waals surface area contributed by atoms with Crippen molar-refractivity contribution in [3.8, 4) is 0 Å². The Kier molecular flexibility index (Phi) is 5.04. The molecule has 116 valence electrons. The molecule has 0 bridgehead atoms. The molecule has 2 aliphatic carbocycles. The first-order valence-electron chi connectivity index (χ1n) is 9.14. The van der Waals surface area contributed by atoms with Crippen LogP contribution in [0.4, 0.5) is 0 Å². The summed E-state index contributed by atoms with van der Waals surface area (Å²) < 4.78 is 0. The van der Waals surface area contributed by atoms with Gasteiger partial charge in [-0.05, 0) is 62.3 Å². The van der Waals surface area contributed by atoms with Gasteiger partial charge in [0.25, 0.3) is 0 Å². The molecule has 0 aromatic carbocycles. The van der Waals surface area contributed by atoms with Gasteiger partial charge in [-0.3, -0.25) is 0 Å². The molecule has 3 fully saturated rings. The summed E-state index contributed by atoms with van der Waals surface area (Å²) in [4.78, 5) is 2.79. The van der Waals surface area contributed by atoms with Crippen LogP contribution in [0.5, 0.6) is 0 Å². The minimum absolute atomic E-state index is 0.769. The number of nitrogens with one attached hydrogen (secondary N) is 1. The Labute approximate surface area is 125 Å². The van der Waals surface area contributed by atoms with Crippen molar-refractivity contribution < 1.29 is 0 Å². The Balaban J connectivity index is 1.45. The number of hydrogen-bond donors (Lipinski definition) is 1. The van der Waals surface area contributed by atoms with Gasteiger partial charge in [-0.15, -0.1) is 0 Å². The van der Waals surface area contributed by atoms with Gasteiger partial charge >= 0.3 is 0 Å². The van der Waals surface area contributed by atoms with Gasteiger partial charge < -0.3 is 10.2 Å². The summed E-state index contributed by atoms with van der Waals surface area (Å²) in [6.07, 6.45) is 10.3. The summed E-state index contributed by atoms with van der Waals surface area (Å²) in [5.41, 5.74) is 0. The van der Waals surface area contributed by atoms with Gasteiger partial charge in [0.15, 0.2) is 0 Å². The summed E-state index contributed by atoms with van der Waals surface area (Å²) in [5, 5.41) is 3.86. The molecule has 0 radical (unpaired) electrons. The first-order chi connectivity index (χ1) is 9.69. The molecule has 3 rings (SSSR count). The molecule has 0 aromatic heterocycles. The summed E-state index contributed by atoms with van der Waals surface area (Å²) >= 11 is 0. The lowest BCUT2D eigenvalue weighted by molar-refractivity contribution is 0.127. The lowest BCUT2D eigenvalue weighted by atomic mass is 9.89. The molecule has 1 N–H and O–H groups in total. The second kappa shape index (κ2) is 6.79. The zero-order valence-electron chi connectivity index (χ0n) is 13.6. The van der Waals surface area contributed by atoms with Crippen molar-refractivity contribution in [2.45, 2.75) is 64.8 Å². The zero-order valence-corrected chi connectivity index (χ0v) is 13.6. The van der Waals surface area contributed by atoms with Gasteiger partial charge in [-0.25, -0.2) is 0 Å². The molecule has 1 saturated heterocycles. The average molecular weight is 278 g/mol. The molecule has 3 aliphatic rings. The van der Waals surface area contributed by atoms with Crippen LogP contribution in [0.25, 0.3) is 0 Å². The highest BCUT2D eigenvalue weighted by atomic mass is 15.2. The van der Waals surface area contributed by atoms with Crippen molar-refractivity contribution in [1.82, 2.24) is 10.2 Å². The van der Waals surface area contributed by atoms with Crippen LogP contribution < -0.4 is 5.32 Å². The molecule has 2 nitrogen and oxygen atoms in total. The highest BCUT2D eigenvalue weighted by Gasteiger charge is 2.34. The largest absolute Gasteiger partial charge is 0.313 e. The van der Waals surface area contributed by atoms with Crippen molar-refractivity contribution in [2.24, 2.45) is 23.7 Å². The van der Waals surface area contributed by atoms with Crippen LogP contribution in [0.15, 0.2) is 0 Å². The maximum absolute atomic E-state index is 3.86. The predicted octanol–water partition coefficient (Wildman–Crippen LogP) is 3.52. The highest BCUT2D eigenvalue weighted by Crippen LogP contribution is 2.38. The Bertz CT molecular complexity index is 272. The smallest absolute Gasteiger partial charge is 0.0198 e.